The quantitative estimate of drug-likeness (QED) is 0.420. The van der Waals surface area contributed by atoms with Crippen molar-refractivity contribution in [3.63, 3.8) is 0 Å². The summed E-state index contributed by atoms with van der Waals surface area (Å²) in [5.74, 6) is 4.78. The summed E-state index contributed by atoms with van der Waals surface area (Å²) in [5, 5.41) is 2.19. The lowest BCUT2D eigenvalue weighted by atomic mass is 10.1. The first-order chi connectivity index (χ1) is 8.22. The largest absolute Gasteiger partial charge is 0.459 e. The molecule has 0 fully saturated rings. The van der Waals surface area contributed by atoms with Crippen molar-refractivity contribution in [2.24, 2.45) is 0 Å². The molecule has 2 rings (SSSR count). The molecule has 2 aromatic rings. The fourth-order valence-electron chi connectivity index (χ4n) is 1.57. The van der Waals surface area contributed by atoms with E-state index < -0.39 is 5.97 Å². The average Bonchev–Trinajstić information content (AvgIpc) is 2.36. The van der Waals surface area contributed by atoms with E-state index in [1.807, 2.05) is 36.4 Å². The van der Waals surface area contributed by atoms with Crippen molar-refractivity contribution in [1.82, 2.24) is 0 Å². The third-order valence-corrected chi connectivity index (χ3v) is 3.24. The Morgan fingerprint density at radius 2 is 1.94 bits per heavy atom. The number of fused-ring (bicyclic) bond motifs is 1. The molecule has 0 heterocycles. The van der Waals surface area contributed by atoms with E-state index in [2.05, 4.69) is 39.2 Å². The number of halogens is 1. The maximum absolute atomic E-state index is 11.0. The highest BCUT2D eigenvalue weighted by Crippen LogP contribution is 2.23. The number of carbonyl (C=O) groups excluding carboxylic acids is 1. The van der Waals surface area contributed by atoms with Gasteiger partial charge in [0.05, 0.1) is 7.11 Å². The van der Waals surface area contributed by atoms with Crippen molar-refractivity contribution < 1.29 is 9.53 Å². The number of methoxy groups -OCH3 is 1. The van der Waals surface area contributed by atoms with Gasteiger partial charge in [0.1, 0.15) is 0 Å². The number of esters is 1. The standard InChI is InChI=1S/C14H9IO2/c1-17-13(16)9-8-11-5-2-4-10-6-3-7-12(15)14(10)11/h2-7H,1H3. The van der Waals surface area contributed by atoms with Crippen LogP contribution in [0.5, 0.6) is 0 Å². The Labute approximate surface area is 113 Å². The summed E-state index contributed by atoms with van der Waals surface area (Å²) < 4.78 is 5.62. The van der Waals surface area contributed by atoms with E-state index in [4.69, 9.17) is 0 Å². The summed E-state index contributed by atoms with van der Waals surface area (Å²) in [5.41, 5.74) is 0.845. The van der Waals surface area contributed by atoms with E-state index in [0.29, 0.717) is 0 Å². The van der Waals surface area contributed by atoms with E-state index in [9.17, 15) is 4.79 Å². The molecule has 0 unspecified atom stereocenters. The van der Waals surface area contributed by atoms with Crippen LogP contribution >= 0.6 is 22.6 Å². The predicted molar refractivity (Wildman–Crippen MR) is 75.6 cm³/mol. The van der Waals surface area contributed by atoms with Gasteiger partial charge in [-0.1, -0.05) is 30.2 Å². The second-order valence-corrected chi connectivity index (χ2v) is 4.55. The fourth-order valence-corrected chi connectivity index (χ4v) is 2.38. The molecule has 0 amide bonds. The lowest BCUT2D eigenvalue weighted by molar-refractivity contribution is -0.133. The minimum absolute atomic E-state index is 0.520. The average molecular weight is 336 g/mol. The highest BCUT2D eigenvalue weighted by atomic mass is 127. The third-order valence-electron chi connectivity index (χ3n) is 2.34. The minimum Gasteiger partial charge on any atom is -0.459 e. The molecule has 3 heteroatoms. The number of benzene rings is 2. The molecule has 17 heavy (non-hydrogen) atoms. The van der Waals surface area contributed by atoms with E-state index in [1.54, 1.807) is 0 Å². The zero-order valence-corrected chi connectivity index (χ0v) is 11.3. The molecule has 0 atom stereocenters. The Bertz CT molecular complexity index is 630. The number of ether oxygens (including phenoxy) is 1. The smallest absolute Gasteiger partial charge is 0.384 e. The van der Waals surface area contributed by atoms with Crippen molar-refractivity contribution in [3.8, 4) is 11.8 Å². The number of hydrogen-bond acceptors (Lipinski definition) is 2. The van der Waals surface area contributed by atoms with Gasteiger partial charge < -0.3 is 4.74 Å². The van der Waals surface area contributed by atoms with Gasteiger partial charge in [-0.05, 0) is 40.1 Å². The van der Waals surface area contributed by atoms with Gasteiger partial charge in [0.15, 0.2) is 0 Å². The maximum Gasteiger partial charge on any atom is 0.384 e. The van der Waals surface area contributed by atoms with Crippen LogP contribution < -0.4 is 0 Å². The first kappa shape index (κ1) is 11.9. The first-order valence-electron chi connectivity index (χ1n) is 4.99. The van der Waals surface area contributed by atoms with Gasteiger partial charge in [-0.15, -0.1) is 0 Å². The van der Waals surface area contributed by atoms with Crippen LogP contribution in [0.4, 0.5) is 0 Å². The third kappa shape index (κ3) is 2.59. The van der Waals surface area contributed by atoms with E-state index in [-0.39, 0.29) is 0 Å². The topological polar surface area (TPSA) is 26.3 Å². The highest BCUT2D eigenvalue weighted by Gasteiger charge is 2.02. The number of carbonyl (C=O) groups is 1. The molecule has 0 saturated carbocycles. The maximum atomic E-state index is 11.0. The highest BCUT2D eigenvalue weighted by molar-refractivity contribution is 14.1. The Balaban J connectivity index is 2.61. The molecule has 0 bridgehead atoms. The number of rotatable bonds is 0. The summed E-state index contributed by atoms with van der Waals surface area (Å²) in [7, 11) is 1.32. The van der Waals surface area contributed by atoms with Crippen LogP contribution in [0.2, 0.25) is 0 Å². The molecular weight excluding hydrogens is 327 g/mol. The van der Waals surface area contributed by atoms with Gasteiger partial charge in [0.25, 0.3) is 0 Å². The normalized spacial score (nSPS) is 9.53. The van der Waals surface area contributed by atoms with Crippen LogP contribution in [0.1, 0.15) is 5.56 Å². The zero-order chi connectivity index (χ0) is 12.3. The van der Waals surface area contributed by atoms with Gasteiger partial charge in [0, 0.05) is 20.4 Å². The second kappa shape index (κ2) is 5.19. The number of hydrogen-bond donors (Lipinski definition) is 0. The van der Waals surface area contributed by atoms with Crippen molar-refractivity contribution in [2.45, 2.75) is 0 Å². The van der Waals surface area contributed by atoms with Crippen molar-refractivity contribution in [2.75, 3.05) is 7.11 Å². The SMILES string of the molecule is COC(=O)C#Cc1cccc2cccc(I)c12. The molecule has 0 radical (unpaired) electrons. The molecule has 84 valence electrons. The Morgan fingerprint density at radius 3 is 2.65 bits per heavy atom. The van der Waals surface area contributed by atoms with Gasteiger partial charge >= 0.3 is 5.97 Å². The summed E-state index contributed by atoms with van der Waals surface area (Å²) in [6, 6.07) is 11.9. The van der Waals surface area contributed by atoms with Crippen molar-refractivity contribution in [3.05, 3.63) is 45.5 Å². The Morgan fingerprint density at radius 1 is 1.24 bits per heavy atom. The van der Waals surface area contributed by atoms with Gasteiger partial charge in [-0.3, -0.25) is 0 Å². The van der Waals surface area contributed by atoms with E-state index in [1.165, 1.54) is 7.11 Å². The van der Waals surface area contributed by atoms with Crippen LogP contribution in [-0.2, 0) is 9.53 Å². The molecular formula is C14H9IO2. The van der Waals surface area contributed by atoms with Crippen LogP contribution in [0.25, 0.3) is 10.8 Å². The van der Waals surface area contributed by atoms with Gasteiger partial charge in [-0.2, -0.15) is 0 Å². The molecule has 2 nitrogen and oxygen atoms in total. The predicted octanol–water partition coefficient (Wildman–Crippen LogP) is 2.97. The molecule has 0 aliphatic carbocycles. The lowest BCUT2D eigenvalue weighted by Crippen LogP contribution is -1.94. The first-order valence-corrected chi connectivity index (χ1v) is 6.07. The molecule has 0 N–H and O–H groups in total. The zero-order valence-electron chi connectivity index (χ0n) is 9.16. The second-order valence-electron chi connectivity index (χ2n) is 3.39. The fraction of sp³-hybridized carbons (Fsp3) is 0.0714. The van der Waals surface area contributed by atoms with Crippen LogP contribution in [0.3, 0.4) is 0 Å². The molecule has 0 aliphatic heterocycles. The van der Waals surface area contributed by atoms with Crippen LogP contribution in [0, 0.1) is 15.4 Å². The molecule has 0 spiro atoms. The molecule has 0 aromatic heterocycles. The van der Waals surface area contributed by atoms with Gasteiger partial charge in [-0.25, -0.2) is 4.79 Å². The summed E-state index contributed by atoms with van der Waals surface area (Å²) in [4.78, 5) is 11.0. The molecule has 2 aromatic carbocycles. The van der Waals surface area contributed by atoms with Gasteiger partial charge in [0.2, 0.25) is 0 Å². The Hall–Kier alpha value is -1.54. The summed E-state index contributed by atoms with van der Waals surface area (Å²) >= 11 is 2.27. The van der Waals surface area contributed by atoms with Crippen molar-refractivity contribution in [1.29, 1.82) is 0 Å². The Kier molecular flexibility index (Phi) is 3.64. The monoisotopic (exact) mass is 336 g/mol. The summed E-state index contributed by atoms with van der Waals surface area (Å²) in [6.07, 6.45) is 0. The van der Waals surface area contributed by atoms with E-state index in [0.717, 1.165) is 19.9 Å². The minimum atomic E-state index is -0.520. The van der Waals surface area contributed by atoms with E-state index >= 15 is 0 Å². The van der Waals surface area contributed by atoms with Crippen LogP contribution in [-0.4, -0.2) is 13.1 Å². The molecule has 0 saturated heterocycles. The summed E-state index contributed by atoms with van der Waals surface area (Å²) in [6.45, 7) is 0. The lowest BCUT2D eigenvalue weighted by Gasteiger charge is -2.02. The van der Waals surface area contributed by atoms with Crippen LogP contribution in [0.15, 0.2) is 36.4 Å². The molecule has 0 aliphatic rings. The van der Waals surface area contributed by atoms with Crippen molar-refractivity contribution >= 4 is 39.3 Å².